The molecule has 2 aromatic carbocycles. The summed E-state index contributed by atoms with van der Waals surface area (Å²) in [6.07, 6.45) is 3.38. The van der Waals surface area contributed by atoms with Gasteiger partial charge in [0.15, 0.2) is 28.4 Å². The summed E-state index contributed by atoms with van der Waals surface area (Å²) in [4.78, 5) is 16.6. The highest BCUT2D eigenvalue weighted by Gasteiger charge is 2.17. The molecule has 0 saturated heterocycles. The third-order valence-electron chi connectivity index (χ3n) is 4.39. The van der Waals surface area contributed by atoms with Crippen LogP contribution in [0.3, 0.4) is 0 Å². The van der Waals surface area contributed by atoms with E-state index < -0.39 is 11.6 Å². The van der Waals surface area contributed by atoms with Gasteiger partial charge in [0.05, 0.1) is 12.3 Å². The second-order valence-electron chi connectivity index (χ2n) is 6.46. The molecule has 0 amide bonds. The van der Waals surface area contributed by atoms with Gasteiger partial charge in [0, 0.05) is 23.5 Å². The molecule has 150 valence electrons. The third kappa shape index (κ3) is 4.44. The van der Waals surface area contributed by atoms with E-state index in [1.807, 2.05) is 47.0 Å². The maximum atomic E-state index is 13.4. The molecule has 5 nitrogen and oxygen atoms in total. The van der Waals surface area contributed by atoms with E-state index in [9.17, 15) is 13.6 Å². The van der Waals surface area contributed by atoms with E-state index >= 15 is 0 Å². The molecule has 2 heterocycles. The van der Waals surface area contributed by atoms with Crippen molar-refractivity contribution in [1.29, 1.82) is 0 Å². The average Bonchev–Trinajstić information content (AvgIpc) is 3.17. The van der Waals surface area contributed by atoms with Crippen molar-refractivity contribution in [3.8, 4) is 11.4 Å². The molecule has 0 saturated carbocycles. The SMILES string of the molecule is O=C(CSc1nnc(-c2cccnc2)n1Cc1ccccc1)c1ccc(F)c(F)c1. The first kappa shape index (κ1) is 19.9. The lowest BCUT2D eigenvalue weighted by atomic mass is 10.1. The molecule has 0 radical (unpaired) electrons. The first-order valence-corrected chi connectivity index (χ1v) is 10.1. The first-order chi connectivity index (χ1) is 14.6. The molecule has 0 bridgehead atoms. The van der Waals surface area contributed by atoms with Gasteiger partial charge in [-0.2, -0.15) is 0 Å². The second-order valence-corrected chi connectivity index (χ2v) is 7.40. The highest BCUT2D eigenvalue weighted by atomic mass is 32.2. The summed E-state index contributed by atoms with van der Waals surface area (Å²) < 4.78 is 28.5. The van der Waals surface area contributed by atoms with E-state index in [-0.39, 0.29) is 17.1 Å². The van der Waals surface area contributed by atoms with Crippen LogP contribution >= 0.6 is 11.8 Å². The van der Waals surface area contributed by atoms with Gasteiger partial charge >= 0.3 is 0 Å². The van der Waals surface area contributed by atoms with Crippen molar-refractivity contribution in [2.75, 3.05) is 5.75 Å². The minimum absolute atomic E-state index is 0.0189. The van der Waals surface area contributed by atoms with E-state index in [1.54, 1.807) is 12.4 Å². The molecule has 0 atom stereocenters. The number of aromatic nitrogens is 4. The van der Waals surface area contributed by atoms with E-state index in [4.69, 9.17) is 0 Å². The number of carbonyl (C=O) groups is 1. The van der Waals surface area contributed by atoms with Crippen LogP contribution in [-0.4, -0.2) is 31.3 Å². The zero-order valence-corrected chi connectivity index (χ0v) is 16.5. The lowest BCUT2D eigenvalue weighted by Gasteiger charge is -2.10. The molecule has 4 aromatic rings. The Kier molecular flexibility index (Phi) is 5.94. The maximum Gasteiger partial charge on any atom is 0.192 e. The van der Waals surface area contributed by atoms with Gasteiger partial charge < -0.3 is 0 Å². The molecule has 0 aliphatic carbocycles. The molecule has 0 aliphatic rings. The van der Waals surface area contributed by atoms with Crippen LogP contribution in [0, 0.1) is 11.6 Å². The van der Waals surface area contributed by atoms with Crippen LogP contribution < -0.4 is 0 Å². The fourth-order valence-corrected chi connectivity index (χ4v) is 3.73. The van der Waals surface area contributed by atoms with Crippen molar-refractivity contribution >= 4 is 17.5 Å². The number of thioether (sulfide) groups is 1. The minimum atomic E-state index is -1.04. The molecule has 30 heavy (non-hydrogen) atoms. The fourth-order valence-electron chi connectivity index (χ4n) is 2.90. The Labute approximate surface area is 175 Å². The van der Waals surface area contributed by atoms with Gasteiger partial charge in [0.2, 0.25) is 0 Å². The van der Waals surface area contributed by atoms with E-state index in [0.717, 1.165) is 23.3 Å². The van der Waals surface area contributed by atoms with Crippen LogP contribution in [0.1, 0.15) is 15.9 Å². The number of hydrogen-bond donors (Lipinski definition) is 0. The van der Waals surface area contributed by atoms with Crippen molar-refractivity contribution in [1.82, 2.24) is 19.7 Å². The van der Waals surface area contributed by atoms with E-state index in [1.165, 1.54) is 17.8 Å². The van der Waals surface area contributed by atoms with Gasteiger partial charge in [-0.3, -0.25) is 14.3 Å². The van der Waals surface area contributed by atoms with Gasteiger partial charge in [0.25, 0.3) is 0 Å². The number of carbonyl (C=O) groups excluding carboxylic acids is 1. The number of rotatable bonds is 7. The predicted octanol–water partition coefficient (Wildman–Crippen LogP) is 4.64. The van der Waals surface area contributed by atoms with Gasteiger partial charge in [-0.15, -0.1) is 10.2 Å². The molecule has 0 spiro atoms. The molecule has 0 unspecified atom stereocenters. The van der Waals surface area contributed by atoms with E-state index in [2.05, 4.69) is 15.2 Å². The van der Waals surface area contributed by atoms with Crippen LogP contribution in [0.5, 0.6) is 0 Å². The van der Waals surface area contributed by atoms with Crippen LogP contribution in [0.15, 0.2) is 78.2 Å². The second kappa shape index (κ2) is 8.96. The Bertz CT molecular complexity index is 1170. The van der Waals surface area contributed by atoms with Crippen molar-refractivity contribution in [3.05, 3.63) is 95.8 Å². The van der Waals surface area contributed by atoms with Crippen LogP contribution in [0.25, 0.3) is 11.4 Å². The smallest absolute Gasteiger partial charge is 0.192 e. The van der Waals surface area contributed by atoms with Gasteiger partial charge in [-0.05, 0) is 35.9 Å². The van der Waals surface area contributed by atoms with Crippen molar-refractivity contribution in [3.63, 3.8) is 0 Å². The lowest BCUT2D eigenvalue weighted by molar-refractivity contribution is 0.102. The Morgan fingerprint density at radius 3 is 2.53 bits per heavy atom. The number of Topliss-reactive ketones (excluding diaryl/α,β-unsaturated/α-hetero) is 1. The summed E-state index contributed by atoms with van der Waals surface area (Å²) in [7, 11) is 0. The molecule has 8 heteroatoms. The van der Waals surface area contributed by atoms with Crippen molar-refractivity contribution in [2.24, 2.45) is 0 Å². The Balaban J connectivity index is 1.60. The quantitative estimate of drug-likeness (QED) is 0.321. The summed E-state index contributed by atoms with van der Waals surface area (Å²) in [6.45, 7) is 0.514. The summed E-state index contributed by atoms with van der Waals surface area (Å²) in [6, 6.07) is 16.7. The molecule has 0 aliphatic heterocycles. The Morgan fingerprint density at radius 1 is 0.967 bits per heavy atom. The summed E-state index contributed by atoms with van der Waals surface area (Å²) in [5.74, 6) is -1.70. The maximum absolute atomic E-state index is 13.4. The standard InChI is InChI=1S/C22H16F2N4OS/c23-18-9-8-16(11-19(18)24)20(29)14-30-22-27-26-21(17-7-4-10-25-12-17)28(22)13-15-5-2-1-3-6-15/h1-12H,13-14H2. The predicted molar refractivity (Wildman–Crippen MR) is 110 cm³/mol. The number of halogens is 2. The van der Waals surface area contributed by atoms with Crippen molar-refractivity contribution in [2.45, 2.75) is 11.7 Å². The van der Waals surface area contributed by atoms with E-state index in [0.29, 0.717) is 17.5 Å². The zero-order chi connectivity index (χ0) is 20.9. The average molecular weight is 422 g/mol. The Hall–Kier alpha value is -3.39. The van der Waals surface area contributed by atoms with Gasteiger partial charge in [0.1, 0.15) is 0 Å². The monoisotopic (exact) mass is 422 g/mol. The number of pyridine rings is 1. The van der Waals surface area contributed by atoms with Crippen LogP contribution in [0.4, 0.5) is 8.78 Å². The number of hydrogen-bond acceptors (Lipinski definition) is 5. The number of ketones is 1. The molecular weight excluding hydrogens is 406 g/mol. The summed E-state index contributed by atoms with van der Waals surface area (Å²) in [5.41, 5.74) is 1.97. The van der Waals surface area contributed by atoms with Gasteiger partial charge in [-0.25, -0.2) is 8.78 Å². The summed E-state index contributed by atoms with van der Waals surface area (Å²) in [5, 5.41) is 9.09. The lowest BCUT2D eigenvalue weighted by Crippen LogP contribution is -2.07. The zero-order valence-electron chi connectivity index (χ0n) is 15.7. The normalized spacial score (nSPS) is 10.9. The molecule has 0 fully saturated rings. The van der Waals surface area contributed by atoms with Crippen molar-refractivity contribution < 1.29 is 13.6 Å². The Morgan fingerprint density at radius 2 is 1.80 bits per heavy atom. The topological polar surface area (TPSA) is 60.7 Å². The highest BCUT2D eigenvalue weighted by molar-refractivity contribution is 7.99. The summed E-state index contributed by atoms with van der Waals surface area (Å²) >= 11 is 1.20. The fraction of sp³-hybridized carbons (Fsp3) is 0.0909. The molecule has 2 aromatic heterocycles. The molecule has 4 rings (SSSR count). The third-order valence-corrected chi connectivity index (χ3v) is 5.36. The van der Waals surface area contributed by atoms with Crippen LogP contribution in [0.2, 0.25) is 0 Å². The van der Waals surface area contributed by atoms with Gasteiger partial charge in [-0.1, -0.05) is 42.1 Å². The largest absolute Gasteiger partial charge is 0.297 e. The molecule has 0 N–H and O–H groups in total. The number of benzene rings is 2. The van der Waals surface area contributed by atoms with Crippen LogP contribution in [-0.2, 0) is 6.54 Å². The first-order valence-electron chi connectivity index (χ1n) is 9.10. The minimum Gasteiger partial charge on any atom is -0.297 e. The highest BCUT2D eigenvalue weighted by Crippen LogP contribution is 2.25. The number of nitrogens with zero attached hydrogens (tertiary/aromatic N) is 4. The molecular formula is C22H16F2N4OS.